The number of hydrogen-bond acceptors (Lipinski definition) is 3. The second-order valence-electron chi connectivity index (χ2n) is 6.31. The van der Waals surface area contributed by atoms with Gasteiger partial charge >= 0.3 is 0 Å². The highest BCUT2D eigenvalue weighted by Gasteiger charge is 2.20. The Balaban J connectivity index is 1.83. The molecule has 0 unspecified atom stereocenters. The first kappa shape index (κ1) is 17.2. The lowest BCUT2D eigenvalue weighted by Crippen LogP contribution is -2.11. The summed E-state index contributed by atoms with van der Waals surface area (Å²) in [5.41, 5.74) is 3.38. The molecule has 5 heteroatoms. The van der Waals surface area contributed by atoms with Gasteiger partial charge in [0.05, 0.1) is 16.1 Å². The summed E-state index contributed by atoms with van der Waals surface area (Å²) < 4.78 is 27.5. The van der Waals surface area contributed by atoms with Gasteiger partial charge in [0.15, 0.2) is 0 Å². The molecule has 0 aliphatic carbocycles. The first-order valence-electron chi connectivity index (χ1n) is 8.57. The zero-order valence-electron chi connectivity index (χ0n) is 14.8. The van der Waals surface area contributed by atoms with Crippen molar-refractivity contribution in [3.8, 4) is 0 Å². The molecule has 0 amide bonds. The van der Waals surface area contributed by atoms with E-state index in [9.17, 15) is 8.42 Å². The Morgan fingerprint density at radius 3 is 2.26 bits per heavy atom. The van der Waals surface area contributed by atoms with Crippen LogP contribution in [0.5, 0.6) is 0 Å². The van der Waals surface area contributed by atoms with E-state index in [1.807, 2.05) is 49.4 Å². The van der Waals surface area contributed by atoms with Crippen molar-refractivity contribution < 1.29 is 8.42 Å². The highest BCUT2D eigenvalue weighted by Crippen LogP contribution is 2.25. The van der Waals surface area contributed by atoms with Crippen LogP contribution < -0.4 is 0 Å². The molecule has 0 saturated carbocycles. The zero-order valence-corrected chi connectivity index (χ0v) is 15.6. The molecule has 0 spiro atoms. The number of hydrogen-bond donors (Lipinski definition) is 0. The molecule has 0 N–H and O–H groups in total. The predicted molar refractivity (Wildman–Crippen MR) is 109 cm³/mol. The monoisotopic (exact) mass is 374 g/mol. The molecular weight excluding hydrogens is 356 g/mol. The van der Waals surface area contributed by atoms with Crippen molar-refractivity contribution in [2.75, 3.05) is 0 Å². The minimum Gasteiger partial charge on any atom is -0.256 e. The lowest BCUT2D eigenvalue weighted by molar-refractivity contribution is 0.589. The lowest BCUT2D eigenvalue weighted by atomic mass is 10.2. The van der Waals surface area contributed by atoms with Crippen LogP contribution in [0.2, 0.25) is 0 Å². The normalized spacial score (nSPS) is 12.0. The van der Waals surface area contributed by atoms with Gasteiger partial charge in [-0.25, -0.2) is 12.4 Å². The van der Waals surface area contributed by atoms with Gasteiger partial charge in [0.2, 0.25) is 0 Å². The first-order valence-corrected chi connectivity index (χ1v) is 10.0. The van der Waals surface area contributed by atoms with E-state index >= 15 is 0 Å². The SMILES string of the molecule is Cc1ccc(N=Cc2cn(S(=O)(=O)c3ccccc3)c3ccccc23)cc1. The van der Waals surface area contributed by atoms with Gasteiger partial charge in [0, 0.05) is 23.4 Å². The maximum atomic E-state index is 13.1. The smallest absolute Gasteiger partial charge is 0.256 e. The molecule has 1 aromatic heterocycles. The zero-order chi connectivity index (χ0) is 18.9. The van der Waals surface area contributed by atoms with Crippen LogP contribution in [0.4, 0.5) is 5.69 Å². The number of para-hydroxylation sites is 1. The molecule has 0 radical (unpaired) electrons. The Hall–Kier alpha value is -3.18. The Kier molecular flexibility index (Phi) is 4.38. The third-order valence-electron chi connectivity index (χ3n) is 4.40. The average Bonchev–Trinajstić information content (AvgIpc) is 3.08. The molecule has 4 nitrogen and oxygen atoms in total. The van der Waals surface area contributed by atoms with E-state index in [2.05, 4.69) is 4.99 Å². The molecule has 4 rings (SSSR count). The summed E-state index contributed by atoms with van der Waals surface area (Å²) in [5.74, 6) is 0. The predicted octanol–water partition coefficient (Wildman–Crippen LogP) is 4.94. The Labute approximate surface area is 158 Å². The van der Waals surface area contributed by atoms with E-state index in [1.165, 1.54) is 9.54 Å². The van der Waals surface area contributed by atoms with Crippen molar-refractivity contribution in [3.63, 3.8) is 0 Å². The van der Waals surface area contributed by atoms with Crippen LogP contribution in [-0.2, 0) is 10.0 Å². The van der Waals surface area contributed by atoms with Gasteiger partial charge < -0.3 is 0 Å². The summed E-state index contributed by atoms with van der Waals surface area (Å²) in [6, 6.07) is 23.7. The maximum Gasteiger partial charge on any atom is 0.268 e. The van der Waals surface area contributed by atoms with Gasteiger partial charge in [0.1, 0.15) is 0 Å². The lowest BCUT2D eigenvalue weighted by Gasteiger charge is -2.07. The fourth-order valence-electron chi connectivity index (χ4n) is 2.96. The number of aromatic nitrogens is 1. The van der Waals surface area contributed by atoms with E-state index in [1.54, 1.807) is 48.8 Å². The van der Waals surface area contributed by atoms with Gasteiger partial charge in [-0.15, -0.1) is 0 Å². The molecule has 27 heavy (non-hydrogen) atoms. The topological polar surface area (TPSA) is 51.4 Å². The van der Waals surface area contributed by atoms with Crippen molar-refractivity contribution in [2.45, 2.75) is 11.8 Å². The minimum atomic E-state index is -3.68. The van der Waals surface area contributed by atoms with Gasteiger partial charge in [-0.2, -0.15) is 0 Å². The van der Waals surface area contributed by atoms with Crippen LogP contribution in [0.15, 0.2) is 94.9 Å². The fourth-order valence-corrected chi connectivity index (χ4v) is 4.36. The molecule has 0 fully saturated rings. The van der Waals surface area contributed by atoms with Crippen LogP contribution >= 0.6 is 0 Å². The van der Waals surface area contributed by atoms with E-state index in [0.29, 0.717) is 5.52 Å². The van der Waals surface area contributed by atoms with Crippen molar-refractivity contribution in [3.05, 3.63) is 96.2 Å². The second kappa shape index (κ2) is 6.85. The van der Waals surface area contributed by atoms with E-state index < -0.39 is 10.0 Å². The van der Waals surface area contributed by atoms with Gasteiger partial charge in [-0.1, -0.05) is 54.1 Å². The standard InChI is InChI=1S/C22H18N2O2S/c1-17-11-13-19(14-12-17)23-15-18-16-24(22-10-6-5-9-21(18)22)27(25,26)20-7-3-2-4-8-20/h2-16H,1H3. The summed E-state index contributed by atoms with van der Waals surface area (Å²) in [6.45, 7) is 2.02. The molecule has 1 heterocycles. The molecule has 0 saturated heterocycles. The van der Waals surface area contributed by atoms with Crippen LogP contribution in [-0.4, -0.2) is 18.6 Å². The first-order chi connectivity index (χ1) is 13.1. The number of rotatable bonds is 4. The largest absolute Gasteiger partial charge is 0.268 e. The molecule has 0 bridgehead atoms. The third kappa shape index (κ3) is 3.29. The van der Waals surface area contributed by atoms with Crippen molar-refractivity contribution in [1.29, 1.82) is 0 Å². The van der Waals surface area contributed by atoms with E-state index in [4.69, 9.17) is 0 Å². The van der Waals surface area contributed by atoms with E-state index in [-0.39, 0.29) is 4.90 Å². The molecule has 4 aromatic rings. The maximum absolute atomic E-state index is 13.1. The Morgan fingerprint density at radius 2 is 1.52 bits per heavy atom. The number of aliphatic imine (C=N–C) groups is 1. The summed E-state index contributed by atoms with van der Waals surface area (Å²) in [7, 11) is -3.68. The second-order valence-corrected chi connectivity index (χ2v) is 8.12. The third-order valence-corrected chi connectivity index (χ3v) is 6.08. The molecule has 134 valence electrons. The summed E-state index contributed by atoms with van der Waals surface area (Å²) in [5, 5.41) is 0.841. The summed E-state index contributed by atoms with van der Waals surface area (Å²) in [4.78, 5) is 4.76. The fraction of sp³-hybridized carbons (Fsp3) is 0.0455. The highest BCUT2D eigenvalue weighted by molar-refractivity contribution is 7.90. The number of benzene rings is 3. The number of fused-ring (bicyclic) bond motifs is 1. The van der Waals surface area contributed by atoms with Crippen molar-refractivity contribution in [2.24, 2.45) is 4.99 Å². The van der Waals surface area contributed by atoms with E-state index in [0.717, 1.165) is 16.6 Å². The number of aryl methyl sites for hydroxylation is 1. The van der Waals surface area contributed by atoms with Gasteiger partial charge in [-0.3, -0.25) is 4.99 Å². The summed E-state index contributed by atoms with van der Waals surface area (Å²) >= 11 is 0. The van der Waals surface area contributed by atoms with Crippen LogP contribution in [0.25, 0.3) is 10.9 Å². The van der Waals surface area contributed by atoms with Crippen molar-refractivity contribution >= 4 is 32.8 Å². The minimum absolute atomic E-state index is 0.257. The molecule has 0 aliphatic heterocycles. The molecule has 0 aliphatic rings. The molecular formula is C22H18N2O2S. The van der Waals surface area contributed by atoms with Crippen LogP contribution in [0.1, 0.15) is 11.1 Å². The Bertz CT molecular complexity index is 1220. The van der Waals surface area contributed by atoms with Crippen LogP contribution in [0, 0.1) is 6.92 Å². The molecule has 3 aromatic carbocycles. The quantitative estimate of drug-likeness (QED) is 0.475. The highest BCUT2D eigenvalue weighted by atomic mass is 32.2. The van der Waals surface area contributed by atoms with Crippen LogP contribution in [0.3, 0.4) is 0 Å². The average molecular weight is 374 g/mol. The Morgan fingerprint density at radius 1 is 0.852 bits per heavy atom. The summed E-state index contributed by atoms with van der Waals surface area (Å²) in [6.07, 6.45) is 3.34. The molecule has 0 atom stereocenters. The number of nitrogens with zero attached hydrogens (tertiary/aromatic N) is 2. The van der Waals surface area contributed by atoms with Gasteiger partial charge in [-0.05, 0) is 37.3 Å². The van der Waals surface area contributed by atoms with Crippen molar-refractivity contribution in [1.82, 2.24) is 3.97 Å². The van der Waals surface area contributed by atoms with Gasteiger partial charge in [0.25, 0.3) is 10.0 Å².